The molecule has 0 bridgehead atoms. The van der Waals surface area contributed by atoms with Crippen molar-refractivity contribution >= 4 is 23.7 Å². The molecule has 0 saturated carbocycles. The van der Waals surface area contributed by atoms with E-state index in [0.29, 0.717) is 0 Å². The van der Waals surface area contributed by atoms with Gasteiger partial charge in [-0.3, -0.25) is 9.59 Å². The van der Waals surface area contributed by atoms with E-state index < -0.39 is 42.5 Å². The Morgan fingerprint density at radius 3 is 2.26 bits per heavy atom. The Balaban J connectivity index is 0. The van der Waals surface area contributed by atoms with Gasteiger partial charge < -0.3 is 19.3 Å². The van der Waals surface area contributed by atoms with Crippen molar-refractivity contribution in [2.75, 3.05) is 13.7 Å². The highest BCUT2D eigenvalue weighted by molar-refractivity contribution is 5.85. The van der Waals surface area contributed by atoms with Crippen LogP contribution < -0.4 is 0 Å². The van der Waals surface area contributed by atoms with Gasteiger partial charge in [-0.25, -0.2) is 9.59 Å². The highest BCUT2D eigenvalue weighted by atomic mass is 16.6. The number of methoxy groups -OCH3 is 1. The lowest BCUT2D eigenvalue weighted by Crippen LogP contribution is -2.32. The van der Waals surface area contributed by atoms with Crippen LogP contribution in [-0.4, -0.2) is 54.7 Å². The van der Waals surface area contributed by atoms with Crippen LogP contribution in [0.2, 0.25) is 0 Å². The highest BCUT2D eigenvalue weighted by Gasteiger charge is 2.24. The van der Waals surface area contributed by atoms with Crippen molar-refractivity contribution < 1.29 is 39.9 Å². The van der Waals surface area contributed by atoms with Crippen molar-refractivity contribution in [1.29, 1.82) is 0 Å². The molecule has 0 heterocycles. The molecule has 0 aliphatic carbocycles. The van der Waals surface area contributed by atoms with Crippen molar-refractivity contribution in [2.45, 2.75) is 45.8 Å². The molecule has 0 radical (unpaired) electrons. The number of carbonyl (C=O) groups excluding carboxylic acids is 3. The maximum Gasteiger partial charge on any atom is 0.344 e. The number of carboxylic acids is 1. The van der Waals surface area contributed by atoms with Crippen LogP contribution in [0.5, 0.6) is 0 Å². The molecule has 0 aromatic heterocycles. The zero-order chi connectivity index (χ0) is 19.5. The van der Waals surface area contributed by atoms with E-state index in [2.05, 4.69) is 0 Å². The van der Waals surface area contributed by atoms with Crippen LogP contribution in [0.25, 0.3) is 0 Å². The number of carbonyl (C=O) groups is 4. The van der Waals surface area contributed by atoms with Crippen LogP contribution >= 0.6 is 0 Å². The number of ether oxygens (including phenoxy) is 3. The Labute approximate surface area is 159 Å². The van der Waals surface area contributed by atoms with Crippen LogP contribution in [0.4, 0.5) is 0 Å². The lowest BCUT2D eigenvalue weighted by atomic mass is 10.1. The Morgan fingerprint density at radius 2 is 1.74 bits per heavy atom. The zero-order valence-corrected chi connectivity index (χ0v) is 14.7. The smallest absolute Gasteiger partial charge is 0.344 e. The molecule has 0 saturated heterocycles. The van der Waals surface area contributed by atoms with Gasteiger partial charge in [0.1, 0.15) is 0 Å². The van der Waals surface area contributed by atoms with Crippen LogP contribution in [0.3, 0.4) is 0 Å². The Kier molecular flexibility index (Phi) is 11.3. The van der Waals surface area contributed by atoms with E-state index in [9.17, 15) is 19.2 Å². The monoisotopic (exact) mass is 385 g/mol. The molecule has 0 amide bonds. The summed E-state index contributed by atoms with van der Waals surface area (Å²) in [4.78, 5) is 45.7. The molecule has 27 heavy (non-hydrogen) atoms. The number of esters is 2. The largest absolute Gasteiger partial charge is 0.481 e. The molecule has 2 atom stereocenters. The first kappa shape index (κ1) is 24.3. The van der Waals surface area contributed by atoms with E-state index in [-0.39, 0.29) is 28.1 Å². The van der Waals surface area contributed by atoms with E-state index in [4.69, 9.17) is 19.3 Å². The average Bonchev–Trinajstić information content (AvgIpc) is 2.61. The first-order valence-corrected chi connectivity index (χ1v) is 7.98. The Morgan fingerprint density at radius 1 is 1.11 bits per heavy atom. The molecule has 1 rings (SSSR count). The molecule has 8 nitrogen and oxygen atoms in total. The van der Waals surface area contributed by atoms with Gasteiger partial charge in [0, 0.05) is 27.8 Å². The third kappa shape index (κ3) is 9.50. The van der Waals surface area contributed by atoms with E-state index >= 15 is 0 Å². The minimum Gasteiger partial charge on any atom is -0.481 e. The number of aliphatic carboxylic acids is 1. The predicted molar refractivity (Wildman–Crippen MR) is 98.2 cm³/mol. The minimum atomic E-state index is -1.18. The van der Waals surface area contributed by atoms with Gasteiger partial charge in [0.2, 0.25) is 0 Å². The second kappa shape index (κ2) is 12.6. The molecule has 0 fully saturated rings. The summed E-state index contributed by atoms with van der Waals surface area (Å²) in [6.07, 6.45) is -2.25. The van der Waals surface area contributed by atoms with Gasteiger partial charge in [-0.1, -0.05) is 37.8 Å². The first-order valence-electron chi connectivity index (χ1n) is 7.98. The summed E-state index contributed by atoms with van der Waals surface area (Å²) in [5, 5.41) is 8.63. The second-order valence-corrected chi connectivity index (χ2v) is 5.54. The standard InChI is InChI=1S/C18H22O8.CH4.H2/c1-12(19)14(8-9-16(20)21)26-17(22)11-25-18(23)15(24-2)10-13-6-4-3-5-7-13;;/h3-7,14-15H,8-11H2,1-2H3,(H,20,21);1H4;1H/i;;1+1. The zero-order valence-electron chi connectivity index (χ0n) is 14.7. The lowest BCUT2D eigenvalue weighted by molar-refractivity contribution is -0.169. The SMILES string of the molecule is C.COC(Cc1ccccc1)C(=O)OCC(=O)OC(CCC(=O)O)C(C)=O.[2HH]. The summed E-state index contributed by atoms with van der Waals surface area (Å²) in [7, 11) is 1.35. The van der Waals surface area contributed by atoms with Gasteiger partial charge in [0.15, 0.2) is 24.6 Å². The first-order chi connectivity index (χ1) is 12.3. The van der Waals surface area contributed by atoms with Gasteiger partial charge in [-0.05, 0) is 12.5 Å². The van der Waals surface area contributed by atoms with Crippen molar-refractivity contribution in [2.24, 2.45) is 0 Å². The molecular weight excluding hydrogens is 356 g/mol. The molecule has 1 aromatic rings. The van der Waals surface area contributed by atoms with E-state index in [1.807, 2.05) is 30.3 Å². The Hall–Kier alpha value is -2.74. The fraction of sp³-hybridized carbons (Fsp3) is 0.474. The predicted octanol–water partition coefficient (Wildman–Crippen LogP) is 2.04. The Bertz CT molecular complexity index is 632. The van der Waals surface area contributed by atoms with Gasteiger partial charge in [-0.2, -0.15) is 0 Å². The normalized spacial score (nSPS) is 12.2. The number of carboxylic acid groups (broad SMARTS) is 1. The number of Topliss-reactive ketones (excluding diaryl/α,β-unsaturated/α-hetero) is 1. The van der Waals surface area contributed by atoms with Crippen molar-refractivity contribution in [3.05, 3.63) is 35.9 Å². The van der Waals surface area contributed by atoms with Crippen LogP contribution in [0.15, 0.2) is 30.3 Å². The molecule has 152 valence electrons. The third-order valence-corrected chi connectivity index (χ3v) is 3.49. The van der Waals surface area contributed by atoms with Gasteiger partial charge in [0.05, 0.1) is 0 Å². The van der Waals surface area contributed by atoms with Crippen molar-refractivity contribution in [3.63, 3.8) is 0 Å². The average molecular weight is 385 g/mol. The third-order valence-electron chi connectivity index (χ3n) is 3.49. The summed E-state index contributed by atoms with van der Waals surface area (Å²) >= 11 is 0. The summed E-state index contributed by atoms with van der Waals surface area (Å²) in [6, 6.07) is 9.14. The lowest BCUT2D eigenvalue weighted by Gasteiger charge is -2.16. The molecule has 8 heteroatoms. The molecule has 0 aliphatic heterocycles. The molecular formula is C19H28O8. The highest BCUT2D eigenvalue weighted by Crippen LogP contribution is 2.08. The number of benzene rings is 1. The molecule has 1 aromatic carbocycles. The summed E-state index contributed by atoms with van der Waals surface area (Å²) in [5.41, 5.74) is 0.865. The van der Waals surface area contributed by atoms with Gasteiger partial charge in [0.25, 0.3) is 0 Å². The van der Waals surface area contributed by atoms with Gasteiger partial charge >= 0.3 is 17.9 Å². The van der Waals surface area contributed by atoms with Crippen molar-refractivity contribution in [1.82, 2.24) is 0 Å². The van der Waals surface area contributed by atoms with Crippen molar-refractivity contribution in [3.8, 4) is 0 Å². The summed E-state index contributed by atoms with van der Waals surface area (Å²) in [6.45, 7) is 0.497. The fourth-order valence-electron chi connectivity index (χ4n) is 2.11. The summed E-state index contributed by atoms with van der Waals surface area (Å²) in [5.74, 6) is -3.26. The topological polar surface area (TPSA) is 116 Å². The van der Waals surface area contributed by atoms with Crippen LogP contribution in [-0.2, 0) is 39.8 Å². The van der Waals surface area contributed by atoms with E-state index in [0.717, 1.165) is 5.56 Å². The molecule has 2 unspecified atom stereocenters. The fourth-order valence-corrected chi connectivity index (χ4v) is 2.11. The number of hydrogen-bond acceptors (Lipinski definition) is 7. The molecule has 1 N–H and O–H groups in total. The molecule has 0 spiro atoms. The van der Waals surface area contributed by atoms with Crippen LogP contribution in [0, 0.1) is 0 Å². The van der Waals surface area contributed by atoms with E-state index in [1.54, 1.807) is 0 Å². The number of hydrogen-bond donors (Lipinski definition) is 1. The maximum absolute atomic E-state index is 12.0. The molecule has 0 aliphatic rings. The summed E-state index contributed by atoms with van der Waals surface area (Å²) < 4.78 is 14.8. The van der Waals surface area contributed by atoms with Crippen LogP contribution in [0.1, 0.15) is 34.2 Å². The second-order valence-electron chi connectivity index (χ2n) is 5.54. The van der Waals surface area contributed by atoms with Gasteiger partial charge in [-0.15, -0.1) is 0 Å². The quantitative estimate of drug-likeness (QED) is 0.575. The number of rotatable bonds is 11. The minimum absolute atomic E-state index is 0. The number of ketones is 1. The van der Waals surface area contributed by atoms with E-state index in [1.165, 1.54) is 14.0 Å². The maximum atomic E-state index is 12.0.